The lowest BCUT2D eigenvalue weighted by molar-refractivity contribution is 0.115. The third-order valence-electron chi connectivity index (χ3n) is 4.13. The molecule has 1 N–H and O–H groups in total. The molecule has 1 aliphatic rings. The number of hydrogen-bond donors (Lipinski definition) is 1. The highest BCUT2D eigenvalue weighted by atomic mass is 16.5. The molecule has 22 heavy (non-hydrogen) atoms. The van der Waals surface area contributed by atoms with Gasteiger partial charge in [-0.05, 0) is 30.2 Å². The number of rotatable bonds is 8. The second-order valence-corrected chi connectivity index (χ2v) is 6.18. The van der Waals surface area contributed by atoms with Gasteiger partial charge in [-0.1, -0.05) is 37.3 Å². The Labute approximate surface area is 134 Å². The van der Waals surface area contributed by atoms with Crippen molar-refractivity contribution in [3.8, 4) is 0 Å². The van der Waals surface area contributed by atoms with Gasteiger partial charge in [-0.25, -0.2) is 0 Å². The van der Waals surface area contributed by atoms with E-state index in [0.29, 0.717) is 5.92 Å². The lowest BCUT2D eigenvalue weighted by Crippen LogP contribution is -2.41. The Hall–Kier alpha value is -1.55. The molecule has 4 nitrogen and oxygen atoms in total. The van der Waals surface area contributed by atoms with Crippen molar-refractivity contribution in [2.75, 3.05) is 40.4 Å². The SMILES string of the molecule is CN=C(NCC(C)c1ccccc1)N(C)CCOCC1CC1. The molecule has 0 aromatic heterocycles. The topological polar surface area (TPSA) is 36.9 Å². The van der Waals surface area contributed by atoms with E-state index in [-0.39, 0.29) is 0 Å². The van der Waals surface area contributed by atoms with Crippen molar-refractivity contribution in [1.82, 2.24) is 10.2 Å². The molecule has 0 amide bonds. The minimum Gasteiger partial charge on any atom is -0.379 e. The zero-order valence-corrected chi connectivity index (χ0v) is 14.1. The van der Waals surface area contributed by atoms with Gasteiger partial charge in [-0.15, -0.1) is 0 Å². The van der Waals surface area contributed by atoms with Crippen molar-refractivity contribution in [3.63, 3.8) is 0 Å². The number of hydrogen-bond acceptors (Lipinski definition) is 2. The average molecular weight is 303 g/mol. The molecule has 1 aromatic carbocycles. The van der Waals surface area contributed by atoms with Crippen molar-refractivity contribution < 1.29 is 4.74 Å². The van der Waals surface area contributed by atoms with Crippen molar-refractivity contribution in [2.24, 2.45) is 10.9 Å². The third kappa shape index (κ3) is 5.68. The molecular formula is C18H29N3O. The van der Waals surface area contributed by atoms with Gasteiger partial charge >= 0.3 is 0 Å². The minimum absolute atomic E-state index is 0.456. The molecule has 1 saturated carbocycles. The number of guanidine groups is 1. The fourth-order valence-electron chi connectivity index (χ4n) is 2.37. The van der Waals surface area contributed by atoms with Gasteiger partial charge in [0.05, 0.1) is 6.61 Å². The molecule has 1 atom stereocenters. The monoisotopic (exact) mass is 303 g/mol. The predicted octanol–water partition coefficient (Wildman–Crippen LogP) is 2.72. The van der Waals surface area contributed by atoms with Gasteiger partial charge in [-0.3, -0.25) is 4.99 Å². The van der Waals surface area contributed by atoms with E-state index in [1.165, 1.54) is 18.4 Å². The molecule has 1 aromatic rings. The van der Waals surface area contributed by atoms with Crippen LogP contribution in [0, 0.1) is 5.92 Å². The smallest absolute Gasteiger partial charge is 0.193 e. The maximum Gasteiger partial charge on any atom is 0.193 e. The summed E-state index contributed by atoms with van der Waals surface area (Å²) in [6, 6.07) is 10.6. The first-order chi connectivity index (χ1) is 10.7. The first-order valence-electron chi connectivity index (χ1n) is 8.25. The van der Waals surface area contributed by atoms with Crippen LogP contribution in [0.5, 0.6) is 0 Å². The maximum absolute atomic E-state index is 5.69. The fraction of sp³-hybridized carbons (Fsp3) is 0.611. The first-order valence-corrected chi connectivity index (χ1v) is 8.25. The minimum atomic E-state index is 0.456. The number of benzene rings is 1. The molecule has 0 bridgehead atoms. The molecule has 0 spiro atoms. The van der Waals surface area contributed by atoms with Crippen LogP contribution in [0.3, 0.4) is 0 Å². The summed E-state index contributed by atoms with van der Waals surface area (Å²) in [6.07, 6.45) is 2.69. The van der Waals surface area contributed by atoms with E-state index in [0.717, 1.165) is 38.2 Å². The lowest BCUT2D eigenvalue weighted by atomic mass is 10.0. The summed E-state index contributed by atoms with van der Waals surface area (Å²) in [6.45, 7) is 5.66. The standard InChI is InChI=1S/C18H29N3O/c1-15(17-7-5-4-6-8-17)13-20-18(19-2)21(3)11-12-22-14-16-9-10-16/h4-8,15-16H,9-14H2,1-3H3,(H,19,20). The van der Waals surface area contributed by atoms with Crippen molar-refractivity contribution in [3.05, 3.63) is 35.9 Å². The van der Waals surface area contributed by atoms with E-state index in [9.17, 15) is 0 Å². The van der Waals surface area contributed by atoms with E-state index in [2.05, 4.69) is 59.5 Å². The summed E-state index contributed by atoms with van der Waals surface area (Å²) in [5.74, 6) is 2.21. The summed E-state index contributed by atoms with van der Waals surface area (Å²) in [5.41, 5.74) is 1.35. The highest BCUT2D eigenvalue weighted by molar-refractivity contribution is 5.79. The van der Waals surface area contributed by atoms with E-state index < -0.39 is 0 Å². The Morgan fingerprint density at radius 3 is 2.73 bits per heavy atom. The van der Waals surface area contributed by atoms with Crippen molar-refractivity contribution in [1.29, 1.82) is 0 Å². The number of nitrogens with one attached hydrogen (secondary N) is 1. The zero-order valence-electron chi connectivity index (χ0n) is 14.1. The lowest BCUT2D eigenvalue weighted by Gasteiger charge is -2.23. The highest BCUT2D eigenvalue weighted by Gasteiger charge is 2.21. The summed E-state index contributed by atoms with van der Waals surface area (Å²) in [7, 11) is 3.89. The first kappa shape index (κ1) is 16.8. The summed E-state index contributed by atoms with van der Waals surface area (Å²) >= 11 is 0. The Morgan fingerprint density at radius 1 is 1.36 bits per heavy atom. The number of nitrogens with zero attached hydrogens (tertiary/aromatic N) is 2. The molecule has 4 heteroatoms. The predicted molar refractivity (Wildman–Crippen MR) is 92.4 cm³/mol. The Bertz CT molecular complexity index is 457. The van der Waals surface area contributed by atoms with Crippen LogP contribution < -0.4 is 5.32 Å². The third-order valence-corrected chi connectivity index (χ3v) is 4.13. The van der Waals surface area contributed by atoms with Crippen molar-refractivity contribution in [2.45, 2.75) is 25.7 Å². The normalized spacial score (nSPS) is 16.4. The van der Waals surface area contributed by atoms with Gasteiger partial charge in [-0.2, -0.15) is 0 Å². The Kier molecular flexibility index (Phi) is 6.72. The zero-order chi connectivity index (χ0) is 15.8. The molecule has 1 aliphatic carbocycles. The van der Waals surface area contributed by atoms with Crippen LogP contribution in [0.15, 0.2) is 35.3 Å². The molecule has 0 aliphatic heterocycles. The maximum atomic E-state index is 5.69. The number of ether oxygens (including phenoxy) is 1. The van der Waals surface area contributed by atoms with Crippen LogP contribution in [0.4, 0.5) is 0 Å². The second kappa shape index (κ2) is 8.79. The fourth-order valence-corrected chi connectivity index (χ4v) is 2.37. The van der Waals surface area contributed by atoms with Gasteiger partial charge in [0.1, 0.15) is 0 Å². The van der Waals surface area contributed by atoms with Gasteiger partial charge in [0.25, 0.3) is 0 Å². The van der Waals surface area contributed by atoms with Crippen LogP contribution in [0.1, 0.15) is 31.2 Å². The molecule has 2 rings (SSSR count). The molecule has 0 heterocycles. The molecule has 0 radical (unpaired) electrons. The van der Waals surface area contributed by atoms with Gasteiger partial charge < -0.3 is 15.0 Å². The highest BCUT2D eigenvalue weighted by Crippen LogP contribution is 2.28. The van der Waals surface area contributed by atoms with Gasteiger partial charge in [0, 0.05) is 33.8 Å². The van der Waals surface area contributed by atoms with Gasteiger partial charge in [0.15, 0.2) is 5.96 Å². The molecule has 0 saturated heterocycles. The van der Waals surface area contributed by atoms with E-state index in [1.807, 2.05) is 7.05 Å². The Morgan fingerprint density at radius 2 is 2.09 bits per heavy atom. The molecular weight excluding hydrogens is 274 g/mol. The van der Waals surface area contributed by atoms with Crippen LogP contribution in [-0.2, 0) is 4.74 Å². The van der Waals surface area contributed by atoms with E-state index >= 15 is 0 Å². The quantitative estimate of drug-likeness (QED) is 0.456. The number of aliphatic imine (C=N–C) groups is 1. The average Bonchev–Trinajstić information content (AvgIpc) is 3.37. The van der Waals surface area contributed by atoms with E-state index in [1.54, 1.807) is 0 Å². The largest absolute Gasteiger partial charge is 0.379 e. The Balaban J connectivity index is 1.68. The van der Waals surface area contributed by atoms with E-state index in [4.69, 9.17) is 4.74 Å². The summed E-state index contributed by atoms with van der Waals surface area (Å²) < 4.78 is 5.69. The van der Waals surface area contributed by atoms with Crippen LogP contribution in [-0.4, -0.2) is 51.3 Å². The molecule has 1 fully saturated rings. The van der Waals surface area contributed by atoms with Crippen molar-refractivity contribution >= 4 is 5.96 Å². The van der Waals surface area contributed by atoms with Crippen LogP contribution in [0.2, 0.25) is 0 Å². The second-order valence-electron chi connectivity index (χ2n) is 6.18. The summed E-state index contributed by atoms with van der Waals surface area (Å²) in [5, 5.41) is 3.45. The summed E-state index contributed by atoms with van der Waals surface area (Å²) in [4.78, 5) is 6.49. The van der Waals surface area contributed by atoms with Gasteiger partial charge in [0.2, 0.25) is 0 Å². The number of likely N-dealkylation sites (N-methyl/N-ethyl adjacent to an activating group) is 1. The molecule has 122 valence electrons. The van der Waals surface area contributed by atoms with Crippen LogP contribution in [0.25, 0.3) is 0 Å². The van der Waals surface area contributed by atoms with Crippen LogP contribution >= 0.6 is 0 Å². The molecule has 1 unspecified atom stereocenters.